The molecule has 6 nitrogen and oxygen atoms in total. The number of carbonyl (C=O) groups is 2. The lowest BCUT2D eigenvalue weighted by atomic mass is 10.2. The van der Waals surface area contributed by atoms with E-state index in [1.54, 1.807) is 0 Å². The molecule has 0 aromatic heterocycles. The van der Waals surface area contributed by atoms with Gasteiger partial charge < -0.3 is 20.5 Å². The molecular formula is C15H20N2O4. The van der Waals surface area contributed by atoms with E-state index in [9.17, 15) is 9.59 Å². The van der Waals surface area contributed by atoms with Crippen molar-refractivity contribution in [3.05, 3.63) is 23.8 Å². The van der Waals surface area contributed by atoms with Crippen molar-refractivity contribution in [2.24, 2.45) is 5.92 Å². The van der Waals surface area contributed by atoms with Gasteiger partial charge in [-0.2, -0.15) is 0 Å². The number of carboxylic acid groups (broad SMARTS) is 1. The van der Waals surface area contributed by atoms with E-state index in [1.165, 1.54) is 38.2 Å². The molecule has 0 bridgehead atoms. The summed E-state index contributed by atoms with van der Waals surface area (Å²) < 4.78 is 5.11. The quantitative estimate of drug-likeness (QED) is 0.674. The van der Waals surface area contributed by atoms with Gasteiger partial charge in [0, 0.05) is 6.54 Å². The molecule has 0 saturated heterocycles. The lowest BCUT2D eigenvalue weighted by Crippen LogP contribution is -2.29. The summed E-state index contributed by atoms with van der Waals surface area (Å²) in [6.45, 7) is 0.614. The summed E-state index contributed by atoms with van der Waals surface area (Å²) >= 11 is 0. The number of hydrogen-bond acceptors (Lipinski definition) is 3. The maximum absolute atomic E-state index is 11.8. The van der Waals surface area contributed by atoms with Crippen LogP contribution in [0.2, 0.25) is 0 Å². The van der Waals surface area contributed by atoms with Crippen molar-refractivity contribution in [2.45, 2.75) is 25.7 Å². The molecule has 1 aliphatic rings. The van der Waals surface area contributed by atoms with Crippen LogP contribution in [0, 0.1) is 5.92 Å². The highest BCUT2D eigenvalue weighted by Gasteiger charge is 2.20. The molecule has 0 heterocycles. The van der Waals surface area contributed by atoms with Crippen molar-refractivity contribution in [2.75, 3.05) is 19.0 Å². The van der Waals surface area contributed by atoms with Gasteiger partial charge in [0.1, 0.15) is 5.75 Å². The highest BCUT2D eigenvalue weighted by molar-refractivity contribution is 5.94. The van der Waals surface area contributed by atoms with Gasteiger partial charge in [-0.1, -0.05) is 12.8 Å². The molecule has 1 aromatic rings. The summed E-state index contributed by atoms with van der Waals surface area (Å²) in [6, 6.07) is 3.98. The molecular weight excluding hydrogens is 272 g/mol. The van der Waals surface area contributed by atoms with Gasteiger partial charge in [0.15, 0.2) is 0 Å². The summed E-state index contributed by atoms with van der Waals surface area (Å²) in [5.41, 5.74) is 0.442. The first-order chi connectivity index (χ1) is 10.1. The monoisotopic (exact) mass is 292 g/mol. The van der Waals surface area contributed by atoms with E-state index in [1.807, 2.05) is 0 Å². The molecule has 1 aromatic carbocycles. The normalized spacial score (nSPS) is 13.6. The van der Waals surface area contributed by atoms with E-state index >= 15 is 0 Å². The SMILES string of the molecule is COc1ccc(C(=O)O)cc1NC(=O)NCCCC1CC1. The number of amides is 2. The standard InChI is InChI=1S/C15H20N2O4/c1-21-13-7-6-11(14(18)19)9-12(13)17-15(20)16-8-2-3-10-4-5-10/h6-7,9-10H,2-5,8H2,1H3,(H,18,19)(H2,16,17,20). The first kappa shape index (κ1) is 15.2. The number of ether oxygens (including phenoxy) is 1. The average Bonchev–Trinajstić information content (AvgIpc) is 3.27. The van der Waals surface area contributed by atoms with Gasteiger partial charge >= 0.3 is 12.0 Å². The summed E-state index contributed by atoms with van der Waals surface area (Å²) in [6.07, 6.45) is 4.74. The Hall–Kier alpha value is -2.24. The largest absolute Gasteiger partial charge is 0.495 e. The van der Waals surface area contributed by atoms with Crippen molar-refractivity contribution >= 4 is 17.7 Å². The number of methoxy groups -OCH3 is 1. The fraction of sp³-hybridized carbons (Fsp3) is 0.467. The highest BCUT2D eigenvalue weighted by Crippen LogP contribution is 2.33. The van der Waals surface area contributed by atoms with Crippen LogP contribution in [0.15, 0.2) is 18.2 Å². The number of rotatable bonds is 7. The minimum Gasteiger partial charge on any atom is -0.495 e. The van der Waals surface area contributed by atoms with Crippen LogP contribution >= 0.6 is 0 Å². The summed E-state index contributed by atoms with van der Waals surface area (Å²) in [7, 11) is 1.47. The number of anilines is 1. The van der Waals surface area contributed by atoms with Crippen molar-refractivity contribution < 1.29 is 19.4 Å². The van der Waals surface area contributed by atoms with Crippen LogP contribution in [0.1, 0.15) is 36.0 Å². The zero-order valence-electron chi connectivity index (χ0n) is 12.0. The number of hydrogen-bond donors (Lipinski definition) is 3. The molecule has 1 fully saturated rings. The van der Waals surface area contributed by atoms with Gasteiger partial charge in [0.05, 0.1) is 18.4 Å². The zero-order chi connectivity index (χ0) is 15.2. The molecule has 0 unspecified atom stereocenters. The smallest absolute Gasteiger partial charge is 0.335 e. The Morgan fingerprint density at radius 1 is 1.38 bits per heavy atom. The molecule has 6 heteroatoms. The second-order valence-electron chi connectivity index (χ2n) is 5.19. The van der Waals surface area contributed by atoms with Crippen LogP contribution in [0.5, 0.6) is 5.75 Å². The lowest BCUT2D eigenvalue weighted by Gasteiger charge is -2.12. The van der Waals surface area contributed by atoms with Crippen LogP contribution in [0.4, 0.5) is 10.5 Å². The molecule has 114 valence electrons. The lowest BCUT2D eigenvalue weighted by molar-refractivity contribution is 0.0697. The molecule has 0 spiro atoms. The molecule has 0 radical (unpaired) electrons. The summed E-state index contributed by atoms with van der Waals surface area (Å²) in [4.78, 5) is 22.7. The van der Waals surface area contributed by atoms with Crippen molar-refractivity contribution in [1.82, 2.24) is 5.32 Å². The Kier molecular flexibility index (Phi) is 5.03. The maximum atomic E-state index is 11.8. The fourth-order valence-electron chi connectivity index (χ4n) is 2.10. The minimum atomic E-state index is -1.05. The topological polar surface area (TPSA) is 87.7 Å². The van der Waals surface area contributed by atoms with Gasteiger partial charge in [-0.3, -0.25) is 0 Å². The number of carbonyl (C=O) groups excluding carboxylic acids is 1. The van der Waals surface area contributed by atoms with Gasteiger partial charge in [0.2, 0.25) is 0 Å². The predicted molar refractivity (Wildman–Crippen MR) is 78.9 cm³/mol. The van der Waals surface area contributed by atoms with Crippen LogP contribution in [0.3, 0.4) is 0 Å². The summed E-state index contributed by atoms with van der Waals surface area (Å²) in [5.74, 6) is 0.223. The number of nitrogens with one attached hydrogen (secondary N) is 2. The molecule has 1 saturated carbocycles. The number of aromatic carboxylic acids is 1. The van der Waals surface area contributed by atoms with E-state index < -0.39 is 5.97 Å². The third kappa shape index (κ3) is 4.66. The molecule has 0 atom stereocenters. The van der Waals surface area contributed by atoms with Gasteiger partial charge in [-0.25, -0.2) is 9.59 Å². The Bertz CT molecular complexity index is 526. The second-order valence-corrected chi connectivity index (χ2v) is 5.19. The van der Waals surface area contributed by atoms with Gasteiger partial charge in [-0.15, -0.1) is 0 Å². The molecule has 21 heavy (non-hydrogen) atoms. The highest BCUT2D eigenvalue weighted by atomic mass is 16.5. The van der Waals surface area contributed by atoms with Crippen molar-refractivity contribution in [1.29, 1.82) is 0 Å². The predicted octanol–water partition coefficient (Wildman–Crippen LogP) is 2.71. The first-order valence-electron chi connectivity index (χ1n) is 7.06. The second kappa shape index (κ2) is 6.97. The van der Waals surface area contributed by atoms with Crippen LogP contribution in [-0.2, 0) is 0 Å². The van der Waals surface area contributed by atoms with Crippen molar-refractivity contribution in [3.8, 4) is 5.75 Å². The third-order valence-corrected chi connectivity index (χ3v) is 3.47. The number of benzene rings is 1. The Morgan fingerprint density at radius 3 is 2.76 bits per heavy atom. The average molecular weight is 292 g/mol. The molecule has 1 aliphatic carbocycles. The van der Waals surface area contributed by atoms with Crippen LogP contribution in [-0.4, -0.2) is 30.8 Å². The summed E-state index contributed by atoms with van der Waals surface area (Å²) in [5, 5.41) is 14.4. The van der Waals surface area contributed by atoms with E-state index in [-0.39, 0.29) is 11.6 Å². The van der Waals surface area contributed by atoms with Crippen LogP contribution < -0.4 is 15.4 Å². The molecule has 0 aliphatic heterocycles. The van der Waals surface area contributed by atoms with E-state index in [4.69, 9.17) is 9.84 Å². The third-order valence-electron chi connectivity index (χ3n) is 3.47. The fourth-order valence-corrected chi connectivity index (χ4v) is 2.10. The number of carboxylic acids is 1. The van der Waals surface area contributed by atoms with E-state index in [2.05, 4.69) is 10.6 Å². The number of urea groups is 1. The van der Waals surface area contributed by atoms with E-state index in [0.29, 0.717) is 18.0 Å². The Morgan fingerprint density at radius 2 is 2.14 bits per heavy atom. The maximum Gasteiger partial charge on any atom is 0.335 e. The molecule has 2 rings (SSSR count). The molecule has 3 N–H and O–H groups in total. The zero-order valence-corrected chi connectivity index (χ0v) is 12.0. The van der Waals surface area contributed by atoms with Gasteiger partial charge in [-0.05, 0) is 37.0 Å². The van der Waals surface area contributed by atoms with Gasteiger partial charge in [0.25, 0.3) is 0 Å². The van der Waals surface area contributed by atoms with Crippen LogP contribution in [0.25, 0.3) is 0 Å². The first-order valence-corrected chi connectivity index (χ1v) is 7.06. The van der Waals surface area contributed by atoms with Crippen molar-refractivity contribution in [3.63, 3.8) is 0 Å². The minimum absolute atomic E-state index is 0.0971. The Labute approximate surface area is 123 Å². The molecule has 2 amide bonds. The Balaban J connectivity index is 1.88. The van der Waals surface area contributed by atoms with E-state index in [0.717, 1.165) is 18.8 Å².